The van der Waals surface area contributed by atoms with E-state index in [1.165, 1.54) is 18.1 Å². The van der Waals surface area contributed by atoms with Gasteiger partial charge >= 0.3 is 0 Å². The minimum atomic E-state index is -0.117. The van der Waals surface area contributed by atoms with Crippen molar-refractivity contribution in [2.24, 2.45) is 5.92 Å². The maximum atomic E-state index is 13.2. The van der Waals surface area contributed by atoms with Crippen molar-refractivity contribution in [3.05, 3.63) is 29.6 Å². The van der Waals surface area contributed by atoms with Gasteiger partial charge in [0.1, 0.15) is 5.82 Å². The summed E-state index contributed by atoms with van der Waals surface area (Å²) in [4.78, 5) is 0. The van der Waals surface area contributed by atoms with Crippen LogP contribution in [0.5, 0.6) is 0 Å². The van der Waals surface area contributed by atoms with Crippen molar-refractivity contribution in [3.63, 3.8) is 0 Å². The molecule has 0 aromatic heterocycles. The second kappa shape index (κ2) is 3.49. The van der Waals surface area contributed by atoms with Gasteiger partial charge < -0.3 is 10.6 Å². The highest BCUT2D eigenvalue weighted by molar-refractivity contribution is 5.58. The van der Waals surface area contributed by atoms with E-state index in [2.05, 4.69) is 10.6 Å². The molecule has 0 bridgehead atoms. The highest BCUT2D eigenvalue weighted by atomic mass is 19.1. The van der Waals surface area contributed by atoms with Gasteiger partial charge in [0, 0.05) is 18.2 Å². The lowest BCUT2D eigenvalue weighted by Crippen LogP contribution is -2.17. The number of halogens is 1. The first-order chi connectivity index (χ1) is 7.34. The minimum absolute atomic E-state index is 0.117. The van der Waals surface area contributed by atoms with Gasteiger partial charge in [-0.1, -0.05) is 0 Å². The van der Waals surface area contributed by atoms with Crippen LogP contribution in [0.4, 0.5) is 10.1 Å². The molecular formula is C12H15FN2. The molecule has 0 saturated carbocycles. The van der Waals surface area contributed by atoms with Gasteiger partial charge in [-0.05, 0) is 49.2 Å². The topological polar surface area (TPSA) is 24.1 Å². The number of anilines is 1. The predicted octanol–water partition coefficient (Wildman–Crippen LogP) is 1.94. The third kappa shape index (κ3) is 1.51. The molecule has 2 nitrogen and oxygen atoms in total. The number of hydrogen-bond donors (Lipinski definition) is 2. The summed E-state index contributed by atoms with van der Waals surface area (Å²) >= 11 is 0. The monoisotopic (exact) mass is 206 g/mol. The average Bonchev–Trinajstić information content (AvgIpc) is 2.83. The van der Waals surface area contributed by atoms with E-state index in [0.717, 1.165) is 25.3 Å². The Labute approximate surface area is 88.9 Å². The molecule has 0 spiro atoms. The van der Waals surface area contributed by atoms with Crippen molar-refractivity contribution < 1.29 is 4.39 Å². The Bertz CT molecular complexity index is 372. The SMILES string of the molecule is Fc1ccc2c(c1)C(C1CCNC1)CN2. The molecule has 1 fully saturated rings. The number of benzene rings is 1. The molecule has 2 heterocycles. The molecule has 15 heavy (non-hydrogen) atoms. The average molecular weight is 206 g/mol. The van der Waals surface area contributed by atoms with Gasteiger partial charge in [-0.15, -0.1) is 0 Å². The summed E-state index contributed by atoms with van der Waals surface area (Å²) in [6.45, 7) is 3.14. The summed E-state index contributed by atoms with van der Waals surface area (Å²) in [7, 11) is 0. The first kappa shape index (κ1) is 9.16. The van der Waals surface area contributed by atoms with Gasteiger partial charge in [-0.3, -0.25) is 0 Å². The number of rotatable bonds is 1. The van der Waals surface area contributed by atoms with Crippen LogP contribution in [0.3, 0.4) is 0 Å². The third-order valence-electron chi connectivity index (χ3n) is 3.59. The number of nitrogens with one attached hydrogen (secondary N) is 2. The van der Waals surface area contributed by atoms with E-state index < -0.39 is 0 Å². The van der Waals surface area contributed by atoms with Crippen LogP contribution in [0.25, 0.3) is 0 Å². The molecule has 3 rings (SSSR count). The molecule has 3 heteroatoms. The Hall–Kier alpha value is -1.09. The van der Waals surface area contributed by atoms with E-state index in [0.29, 0.717) is 11.8 Å². The second-order valence-corrected chi connectivity index (χ2v) is 4.47. The molecule has 0 aliphatic carbocycles. The van der Waals surface area contributed by atoms with E-state index >= 15 is 0 Å². The fraction of sp³-hybridized carbons (Fsp3) is 0.500. The number of fused-ring (bicyclic) bond motifs is 1. The third-order valence-corrected chi connectivity index (χ3v) is 3.59. The Morgan fingerprint density at radius 2 is 2.20 bits per heavy atom. The molecule has 0 radical (unpaired) electrons. The number of hydrogen-bond acceptors (Lipinski definition) is 2. The Kier molecular flexibility index (Phi) is 2.13. The van der Waals surface area contributed by atoms with Gasteiger partial charge in [0.15, 0.2) is 0 Å². The Morgan fingerprint density at radius 3 is 3.00 bits per heavy atom. The summed E-state index contributed by atoms with van der Waals surface area (Å²) in [5.74, 6) is 1.04. The van der Waals surface area contributed by atoms with Crippen LogP contribution < -0.4 is 10.6 Å². The molecule has 1 saturated heterocycles. The largest absolute Gasteiger partial charge is 0.384 e. The van der Waals surface area contributed by atoms with Crippen molar-refractivity contribution >= 4 is 5.69 Å². The molecule has 2 N–H and O–H groups in total. The molecule has 1 aromatic carbocycles. The zero-order valence-corrected chi connectivity index (χ0v) is 8.59. The fourth-order valence-corrected chi connectivity index (χ4v) is 2.77. The molecular weight excluding hydrogens is 191 g/mol. The first-order valence-electron chi connectivity index (χ1n) is 5.58. The van der Waals surface area contributed by atoms with Crippen LogP contribution in [0.1, 0.15) is 17.9 Å². The highest BCUT2D eigenvalue weighted by Crippen LogP contribution is 2.38. The molecule has 2 aliphatic heterocycles. The van der Waals surface area contributed by atoms with Crippen molar-refractivity contribution in [1.29, 1.82) is 0 Å². The summed E-state index contributed by atoms with van der Waals surface area (Å²) in [5.41, 5.74) is 2.29. The van der Waals surface area contributed by atoms with Crippen LogP contribution in [-0.2, 0) is 0 Å². The fourth-order valence-electron chi connectivity index (χ4n) is 2.77. The quantitative estimate of drug-likeness (QED) is 0.733. The van der Waals surface area contributed by atoms with E-state index in [4.69, 9.17) is 0 Å². The van der Waals surface area contributed by atoms with Crippen LogP contribution in [0, 0.1) is 11.7 Å². The summed E-state index contributed by atoms with van der Waals surface area (Å²) in [6.07, 6.45) is 1.21. The molecule has 2 aliphatic rings. The smallest absolute Gasteiger partial charge is 0.123 e. The van der Waals surface area contributed by atoms with Crippen LogP contribution in [0.2, 0.25) is 0 Å². The summed E-state index contributed by atoms with van der Waals surface area (Å²) in [6, 6.07) is 5.08. The Morgan fingerprint density at radius 1 is 1.27 bits per heavy atom. The van der Waals surface area contributed by atoms with Crippen LogP contribution in [0.15, 0.2) is 18.2 Å². The molecule has 2 atom stereocenters. The lowest BCUT2D eigenvalue weighted by Gasteiger charge is -2.17. The van der Waals surface area contributed by atoms with Crippen molar-refractivity contribution in [3.8, 4) is 0 Å². The lowest BCUT2D eigenvalue weighted by molar-refractivity contribution is 0.484. The van der Waals surface area contributed by atoms with Crippen molar-refractivity contribution in [2.75, 3.05) is 25.0 Å². The van der Waals surface area contributed by atoms with Gasteiger partial charge in [0.2, 0.25) is 0 Å². The van der Waals surface area contributed by atoms with Crippen LogP contribution in [-0.4, -0.2) is 19.6 Å². The van der Waals surface area contributed by atoms with E-state index in [9.17, 15) is 4.39 Å². The minimum Gasteiger partial charge on any atom is -0.384 e. The molecule has 2 unspecified atom stereocenters. The summed E-state index contributed by atoms with van der Waals surface area (Å²) in [5, 5.41) is 6.73. The van der Waals surface area contributed by atoms with Gasteiger partial charge in [0.25, 0.3) is 0 Å². The Balaban J connectivity index is 1.92. The second-order valence-electron chi connectivity index (χ2n) is 4.47. The zero-order chi connectivity index (χ0) is 10.3. The molecule has 80 valence electrons. The first-order valence-corrected chi connectivity index (χ1v) is 5.58. The van der Waals surface area contributed by atoms with Gasteiger partial charge in [-0.25, -0.2) is 4.39 Å². The van der Waals surface area contributed by atoms with E-state index in [1.807, 2.05) is 6.07 Å². The maximum absolute atomic E-state index is 13.2. The van der Waals surface area contributed by atoms with E-state index in [-0.39, 0.29) is 5.82 Å². The normalized spacial score (nSPS) is 28.9. The van der Waals surface area contributed by atoms with Crippen molar-refractivity contribution in [2.45, 2.75) is 12.3 Å². The standard InChI is InChI=1S/C12H15FN2/c13-9-1-2-12-10(5-9)11(7-15-12)8-3-4-14-6-8/h1-2,5,8,11,14-15H,3-4,6-7H2. The van der Waals surface area contributed by atoms with Gasteiger partial charge in [-0.2, -0.15) is 0 Å². The zero-order valence-electron chi connectivity index (χ0n) is 8.59. The molecule has 0 amide bonds. The van der Waals surface area contributed by atoms with Crippen molar-refractivity contribution in [1.82, 2.24) is 5.32 Å². The predicted molar refractivity (Wildman–Crippen MR) is 58.6 cm³/mol. The van der Waals surface area contributed by atoms with E-state index in [1.54, 1.807) is 6.07 Å². The highest BCUT2D eigenvalue weighted by Gasteiger charge is 2.31. The maximum Gasteiger partial charge on any atom is 0.123 e. The summed E-state index contributed by atoms with van der Waals surface area (Å²) < 4.78 is 13.2. The molecule has 1 aromatic rings. The van der Waals surface area contributed by atoms with Crippen LogP contribution >= 0.6 is 0 Å². The lowest BCUT2D eigenvalue weighted by atomic mass is 9.87. The van der Waals surface area contributed by atoms with Gasteiger partial charge in [0.05, 0.1) is 0 Å².